The van der Waals surface area contributed by atoms with Crippen molar-refractivity contribution in [2.75, 3.05) is 11.5 Å². The van der Waals surface area contributed by atoms with Crippen molar-refractivity contribution < 1.29 is 13.2 Å². The number of benzene rings is 1. The Labute approximate surface area is 121 Å². The number of ether oxygens (including phenoxy) is 1. The van der Waals surface area contributed by atoms with E-state index in [1.165, 1.54) is 0 Å². The lowest BCUT2D eigenvalue weighted by molar-refractivity contribution is 0.0972. The van der Waals surface area contributed by atoms with Crippen molar-refractivity contribution in [3.63, 3.8) is 0 Å². The Morgan fingerprint density at radius 2 is 1.85 bits per heavy atom. The van der Waals surface area contributed by atoms with Crippen LogP contribution in [0.25, 0.3) is 5.57 Å². The monoisotopic (exact) mass is 294 g/mol. The summed E-state index contributed by atoms with van der Waals surface area (Å²) >= 11 is 0. The van der Waals surface area contributed by atoms with E-state index < -0.39 is 9.84 Å². The van der Waals surface area contributed by atoms with Crippen molar-refractivity contribution in [3.05, 3.63) is 42.2 Å². The fourth-order valence-electron chi connectivity index (χ4n) is 2.47. The van der Waals surface area contributed by atoms with Gasteiger partial charge in [0.2, 0.25) is 0 Å². The molecule has 2 rings (SSSR count). The van der Waals surface area contributed by atoms with Crippen LogP contribution >= 0.6 is 0 Å². The highest BCUT2D eigenvalue weighted by Gasteiger charge is 2.27. The Morgan fingerprint density at radius 1 is 1.25 bits per heavy atom. The van der Waals surface area contributed by atoms with E-state index in [2.05, 4.69) is 0 Å². The zero-order valence-electron chi connectivity index (χ0n) is 12.1. The molecule has 0 spiro atoms. The normalized spacial score (nSPS) is 21.4. The largest absolute Gasteiger partial charge is 0.498 e. The van der Waals surface area contributed by atoms with Crippen molar-refractivity contribution in [3.8, 4) is 0 Å². The van der Waals surface area contributed by atoms with E-state index in [0.29, 0.717) is 30.3 Å². The first-order valence-electron chi connectivity index (χ1n) is 7.06. The van der Waals surface area contributed by atoms with Gasteiger partial charge >= 0.3 is 0 Å². The van der Waals surface area contributed by atoms with Crippen molar-refractivity contribution in [1.29, 1.82) is 0 Å². The molecule has 1 aromatic carbocycles. The second kappa shape index (κ2) is 6.44. The minimum atomic E-state index is -2.79. The van der Waals surface area contributed by atoms with Crippen LogP contribution in [-0.4, -0.2) is 26.0 Å². The number of hydrogen-bond donors (Lipinski definition) is 0. The fraction of sp³-hybridized carbons (Fsp3) is 0.500. The summed E-state index contributed by atoms with van der Waals surface area (Å²) in [6.07, 6.45) is 3.27. The lowest BCUT2D eigenvalue weighted by Gasteiger charge is -2.27. The maximum absolute atomic E-state index is 11.4. The van der Waals surface area contributed by atoms with Gasteiger partial charge in [0.15, 0.2) is 0 Å². The van der Waals surface area contributed by atoms with Crippen LogP contribution in [0.1, 0.15) is 32.3 Å². The van der Waals surface area contributed by atoms with Gasteiger partial charge in [0.1, 0.15) is 9.84 Å². The molecule has 0 radical (unpaired) electrons. The molecular formula is C16H22O3S. The van der Waals surface area contributed by atoms with Gasteiger partial charge in [-0.05, 0) is 43.7 Å². The maximum atomic E-state index is 11.4. The molecule has 0 aliphatic carbocycles. The van der Waals surface area contributed by atoms with Crippen molar-refractivity contribution >= 4 is 15.4 Å². The van der Waals surface area contributed by atoms with Crippen LogP contribution in [0.5, 0.6) is 0 Å². The summed E-state index contributed by atoms with van der Waals surface area (Å²) in [6.45, 7) is 4.05. The van der Waals surface area contributed by atoms with Crippen molar-refractivity contribution in [1.82, 2.24) is 0 Å². The van der Waals surface area contributed by atoms with Gasteiger partial charge in [-0.15, -0.1) is 0 Å². The third kappa shape index (κ3) is 4.10. The molecule has 0 N–H and O–H groups in total. The average molecular weight is 294 g/mol. The minimum absolute atomic E-state index is 0.0594. The predicted octanol–water partition coefficient (Wildman–Crippen LogP) is 3.28. The quantitative estimate of drug-likeness (QED) is 0.800. The van der Waals surface area contributed by atoms with Gasteiger partial charge in [-0.25, -0.2) is 8.42 Å². The molecule has 20 heavy (non-hydrogen) atoms. The molecule has 1 saturated heterocycles. The highest BCUT2D eigenvalue weighted by Crippen LogP contribution is 2.24. The molecule has 1 unspecified atom stereocenters. The molecule has 0 bridgehead atoms. The molecule has 4 heteroatoms. The van der Waals surface area contributed by atoms with Gasteiger partial charge in [-0.3, -0.25) is 0 Å². The molecule has 1 fully saturated rings. The molecule has 1 aliphatic heterocycles. The fourth-order valence-corrected chi connectivity index (χ4v) is 4.00. The minimum Gasteiger partial charge on any atom is -0.498 e. The van der Waals surface area contributed by atoms with E-state index in [4.69, 9.17) is 4.74 Å². The molecule has 0 saturated carbocycles. The number of sulfone groups is 1. The zero-order chi connectivity index (χ0) is 14.6. The molecule has 1 aromatic rings. The SMILES string of the molecule is C/C(=C/OC(C)C1CCS(=O)(=O)CC1)c1ccccc1. The van der Waals surface area contributed by atoms with Crippen LogP contribution in [0.3, 0.4) is 0 Å². The number of allylic oxidation sites excluding steroid dienone is 1. The van der Waals surface area contributed by atoms with Gasteiger partial charge in [0.25, 0.3) is 0 Å². The van der Waals surface area contributed by atoms with Gasteiger partial charge in [0, 0.05) is 0 Å². The van der Waals surface area contributed by atoms with E-state index in [1.54, 1.807) is 6.26 Å². The molecule has 3 nitrogen and oxygen atoms in total. The Balaban J connectivity index is 1.91. The molecule has 0 amide bonds. The van der Waals surface area contributed by atoms with Gasteiger partial charge in [0.05, 0.1) is 23.9 Å². The lowest BCUT2D eigenvalue weighted by atomic mass is 9.97. The first-order chi connectivity index (χ1) is 9.48. The summed E-state index contributed by atoms with van der Waals surface area (Å²) < 4.78 is 28.6. The van der Waals surface area contributed by atoms with Crippen LogP contribution in [-0.2, 0) is 14.6 Å². The first-order valence-corrected chi connectivity index (χ1v) is 8.88. The Morgan fingerprint density at radius 3 is 2.45 bits per heavy atom. The third-order valence-electron chi connectivity index (χ3n) is 3.95. The average Bonchev–Trinajstić information content (AvgIpc) is 2.45. The lowest BCUT2D eigenvalue weighted by Crippen LogP contribution is -2.30. The summed E-state index contributed by atoms with van der Waals surface area (Å²) in [5.74, 6) is 0.929. The highest BCUT2D eigenvalue weighted by molar-refractivity contribution is 7.91. The molecular weight excluding hydrogens is 272 g/mol. The molecule has 1 heterocycles. The summed E-state index contributed by atoms with van der Waals surface area (Å²) in [4.78, 5) is 0. The van der Waals surface area contributed by atoms with Gasteiger partial charge in [-0.1, -0.05) is 30.3 Å². The van der Waals surface area contributed by atoms with Crippen molar-refractivity contribution in [2.24, 2.45) is 5.92 Å². The van der Waals surface area contributed by atoms with Crippen LogP contribution in [0.15, 0.2) is 36.6 Å². The Bertz CT molecular complexity index is 547. The predicted molar refractivity (Wildman–Crippen MR) is 82.0 cm³/mol. The third-order valence-corrected chi connectivity index (χ3v) is 5.67. The van der Waals surface area contributed by atoms with E-state index in [-0.39, 0.29) is 6.10 Å². The smallest absolute Gasteiger partial charge is 0.150 e. The summed E-state index contributed by atoms with van der Waals surface area (Å²) in [7, 11) is -2.79. The standard InChI is InChI=1S/C16H22O3S/c1-13(15-6-4-3-5-7-15)12-19-14(2)16-8-10-20(17,18)11-9-16/h3-7,12,14,16H,8-11H2,1-2H3/b13-12-. The highest BCUT2D eigenvalue weighted by atomic mass is 32.2. The van der Waals surface area contributed by atoms with Gasteiger partial charge in [-0.2, -0.15) is 0 Å². The Hall–Kier alpha value is -1.29. The first kappa shape index (κ1) is 15.1. The molecule has 1 atom stereocenters. The summed E-state index contributed by atoms with van der Waals surface area (Å²) in [6, 6.07) is 10.1. The van der Waals surface area contributed by atoms with Crippen molar-refractivity contribution in [2.45, 2.75) is 32.8 Å². The van der Waals surface area contributed by atoms with E-state index >= 15 is 0 Å². The second-order valence-electron chi connectivity index (χ2n) is 5.50. The number of rotatable bonds is 4. The van der Waals surface area contributed by atoms with E-state index in [1.807, 2.05) is 44.2 Å². The van der Waals surface area contributed by atoms with Crippen LogP contribution in [0, 0.1) is 5.92 Å². The maximum Gasteiger partial charge on any atom is 0.150 e. The molecule has 1 aliphatic rings. The second-order valence-corrected chi connectivity index (χ2v) is 7.80. The van der Waals surface area contributed by atoms with Crippen LogP contribution in [0.4, 0.5) is 0 Å². The summed E-state index contributed by atoms with van der Waals surface area (Å²) in [5.41, 5.74) is 2.23. The Kier molecular flexibility index (Phi) is 4.86. The molecule has 110 valence electrons. The summed E-state index contributed by atoms with van der Waals surface area (Å²) in [5, 5.41) is 0. The van der Waals surface area contributed by atoms with E-state index in [9.17, 15) is 8.42 Å². The topological polar surface area (TPSA) is 43.4 Å². The molecule has 0 aromatic heterocycles. The van der Waals surface area contributed by atoms with Crippen LogP contribution < -0.4 is 0 Å². The van der Waals surface area contributed by atoms with E-state index in [0.717, 1.165) is 11.1 Å². The number of hydrogen-bond acceptors (Lipinski definition) is 3. The zero-order valence-corrected chi connectivity index (χ0v) is 12.9. The van der Waals surface area contributed by atoms with Gasteiger partial charge < -0.3 is 4.74 Å². The van der Waals surface area contributed by atoms with Crippen LogP contribution in [0.2, 0.25) is 0 Å².